The van der Waals surface area contributed by atoms with Gasteiger partial charge in [-0.3, -0.25) is 4.98 Å². The zero-order chi connectivity index (χ0) is 12.5. The molecular weight excluding hydrogens is 339 g/mol. The van der Waals surface area contributed by atoms with E-state index in [0.29, 0.717) is 12.4 Å². The summed E-state index contributed by atoms with van der Waals surface area (Å²) < 4.78 is 2.73. The van der Waals surface area contributed by atoms with Crippen LogP contribution in [0.1, 0.15) is 5.69 Å². The molecule has 5 heteroatoms. The van der Waals surface area contributed by atoms with Crippen molar-refractivity contribution < 1.29 is 0 Å². The molecular formula is C13H11IN4. The van der Waals surface area contributed by atoms with Gasteiger partial charge in [-0.1, -0.05) is 24.3 Å². The highest BCUT2D eigenvalue weighted by atomic mass is 127. The molecule has 0 unspecified atom stereocenters. The van der Waals surface area contributed by atoms with Crippen molar-refractivity contribution in [2.45, 2.75) is 6.54 Å². The molecule has 2 aromatic heterocycles. The number of benzene rings is 1. The first-order chi connectivity index (χ1) is 8.74. The van der Waals surface area contributed by atoms with E-state index in [2.05, 4.69) is 44.8 Å². The zero-order valence-corrected chi connectivity index (χ0v) is 11.7. The summed E-state index contributed by atoms with van der Waals surface area (Å²) in [7, 11) is 0. The molecule has 90 valence electrons. The normalized spacial score (nSPS) is 10.9. The molecule has 0 spiro atoms. The molecule has 2 N–H and O–H groups in total. The van der Waals surface area contributed by atoms with E-state index in [1.807, 2.05) is 24.3 Å². The number of anilines is 1. The van der Waals surface area contributed by atoms with Crippen LogP contribution in [0.5, 0.6) is 0 Å². The molecule has 0 saturated heterocycles. The monoisotopic (exact) mass is 350 g/mol. The molecule has 0 radical (unpaired) electrons. The second-order valence-corrected chi connectivity index (χ2v) is 5.19. The van der Waals surface area contributed by atoms with Crippen molar-refractivity contribution in [1.82, 2.24) is 14.8 Å². The summed E-state index contributed by atoms with van der Waals surface area (Å²) >= 11 is 2.17. The summed E-state index contributed by atoms with van der Waals surface area (Å²) in [6.07, 6.45) is 1.76. The maximum atomic E-state index is 5.93. The summed E-state index contributed by atoms with van der Waals surface area (Å²) in [5.41, 5.74) is 7.88. The molecule has 0 saturated carbocycles. The first-order valence-corrected chi connectivity index (χ1v) is 6.63. The number of aromatic nitrogens is 3. The maximum Gasteiger partial charge on any atom is 0.135 e. The van der Waals surface area contributed by atoms with Gasteiger partial charge in [0.2, 0.25) is 0 Å². The Balaban J connectivity index is 1.98. The van der Waals surface area contributed by atoms with Gasteiger partial charge in [0.25, 0.3) is 0 Å². The van der Waals surface area contributed by atoms with E-state index in [1.54, 1.807) is 10.9 Å². The Hall–Kier alpha value is -1.63. The summed E-state index contributed by atoms with van der Waals surface area (Å²) in [5.74, 6) is 0.686. The van der Waals surface area contributed by atoms with Gasteiger partial charge in [-0.05, 0) is 34.7 Å². The van der Waals surface area contributed by atoms with Crippen LogP contribution >= 0.6 is 22.6 Å². The minimum atomic E-state index is 0.597. The number of nitrogens with zero attached hydrogens (tertiary/aromatic N) is 3. The van der Waals surface area contributed by atoms with E-state index < -0.39 is 0 Å². The Morgan fingerprint density at radius 1 is 1.17 bits per heavy atom. The number of halogens is 1. The van der Waals surface area contributed by atoms with Crippen LogP contribution < -0.4 is 5.73 Å². The van der Waals surface area contributed by atoms with Crippen molar-refractivity contribution in [1.29, 1.82) is 0 Å². The van der Waals surface area contributed by atoms with Crippen molar-refractivity contribution in [3.05, 3.63) is 51.9 Å². The van der Waals surface area contributed by atoms with E-state index in [1.165, 1.54) is 0 Å². The third-order valence-electron chi connectivity index (χ3n) is 2.80. The minimum absolute atomic E-state index is 0.597. The maximum absolute atomic E-state index is 5.93. The lowest BCUT2D eigenvalue weighted by atomic mass is 10.2. The average Bonchev–Trinajstić information content (AvgIpc) is 2.71. The molecule has 0 atom stereocenters. The van der Waals surface area contributed by atoms with Gasteiger partial charge in [0.05, 0.1) is 27.5 Å². The van der Waals surface area contributed by atoms with Crippen molar-refractivity contribution >= 4 is 39.3 Å². The lowest BCUT2D eigenvalue weighted by Crippen LogP contribution is -2.07. The second-order valence-electron chi connectivity index (χ2n) is 4.03. The molecule has 3 aromatic rings. The number of nitrogen functional groups attached to an aromatic ring is 1. The molecule has 3 rings (SSSR count). The summed E-state index contributed by atoms with van der Waals surface area (Å²) in [6, 6.07) is 12.1. The van der Waals surface area contributed by atoms with Crippen molar-refractivity contribution in [2.24, 2.45) is 0 Å². The first kappa shape index (κ1) is 11.5. The van der Waals surface area contributed by atoms with Gasteiger partial charge in [0.15, 0.2) is 0 Å². The lowest BCUT2D eigenvalue weighted by Gasteiger charge is -2.05. The third-order valence-corrected chi connectivity index (χ3v) is 3.63. The number of fused-ring (bicyclic) bond motifs is 1. The lowest BCUT2D eigenvalue weighted by molar-refractivity contribution is 0.684. The van der Waals surface area contributed by atoms with Crippen LogP contribution in [0.3, 0.4) is 0 Å². The molecule has 0 aliphatic carbocycles. The minimum Gasteiger partial charge on any atom is -0.383 e. The van der Waals surface area contributed by atoms with Crippen LogP contribution in [-0.2, 0) is 6.54 Å². The van der Waals surface area contributed by atoms with Gasteiger partial charge >= 0.3 is 0 Å². The molecule has 0 fully saturated rings. The second kappa shape index (κ2) is 4.56. The van der Waals surface area contributed by atoms with Gasteiger partial charge in [0, 0.05) is 5.39 Å². The van der Waals surface area contributed by atoms with Crippen LogP contribution in [0, 0.1) is 3.57 Å². The predicted octanol–water partition coefficient (Wildman–Crippen LogP) is 2.67. The molecule has 18 heavy (non-hydrogen) atoms. The fourth-order valence-corrected chi connectivity index (χ4v) is 2.25. The van der Waals surface area contributed by atoms with Crippen molar-refractivity contribution in [3.8, 4) is 0 Å². The van der Waals surface area contributed by atoms with Gasteiger partial charge in [0.1, 0.15) is 5.82 Å². The quantitative estimate of drug-likeness (QED) is 0.723. The molecule has 0 aliphatic rings. The van der Waals surface area contributed by atoms with E-state index in [0.717, 1.165) is 20.2 Å². The van der Waals surface area contributed by atoms with Crippen LogP contribution in [0.2, 0.25) is 0 Å². The van der Waals surface area contributed by atoms with Gasteiger partial charge in [-0.2, -0.15) is 5.10 Å². The Morgan fingerprint density at radius 3 is 2.78 bits per heavy atom. The number of hydrogen-bond acceptors (Lipinski definition) is 3. The summed E-state index contributed by atoms with van der Waals surface area (Å²) in [5, 5.41) is 5.38. The Morgan fingerprint density at radius 2 is 2.00 bits per heavy atom. The van der Waals surface area contributed by atoms with Gasteiger partial charge in [-0.15, -0.1) is 0 Å². The van der Waals surface area contributed by atoms with Gasteiger partial charge in [-0.25, -0.2) is 4.68 Å². The highest BCUT2D eigenvalue weighted by molar-refractivity contribution is 14.1. The zero-order valence-electron chi connectivity index (χ0n) is 9.55. The SMILES string of the molecule is Nc1c(I)cnn1Cc1ccc2ccccc2n1. The third kappa shape index (κ3) is 2.05. The molecule has 0 bridgehead atoms. The first-order valence-electron chi connectivity index (χ1n) is 5.55. The smallest absolute Gasteiger partial charge is 0.135 e. The fourth-order valence-electron chi connectivity index (χ4n) is 1.85. The molecule has 0 amide bonds. The van der Waals surface area contributed by atoms with Crippen LogP contribution in [0.25, 0.3) is 10.9 Å². The number of para-hydroxylation sites is 1. The standard InChI is InChI=1S/C13H11IN4/c14-11-7-16-18(13(11)15)8-10-6-5-9-3-1-2-4-12(9)17-10/h1-7H,8,15H2. The average molecular weight is 350 g/mol. The van der Waals surface area contributed by atoms with E-state index in [4.69, 9.17) is 5.73 Å². The molecule has 4 nitrogen and oxygen atoms in total. The predicted molar refractivity (Wildman–Crippen MR) is 80.2 cm³/mol. The van der Waals surface area contributed by atoms with Crippen LogP contribution in [-0.4, -0.2) is 14.8 Å². The van der Waals surface area contributed by atoms with Crippen molar-refractivity contribution in [3.63, 3.8) is 0 Å². The number of hydrogen-bond donors (Lipinski definition) is 1. The van der Waals surface area contributed by atoms with Crippen molar-refractivity contribution in [2.75, 3.05) is 5.73 Å². The highest BCUT2D eigenvalue weighted by Crippen LogP contribution is 2.16. The van der Waals surface area contributed by atoms with Crippen LogP contribution in [0.15, 0.2) is 42.6 Å². The largest absolute Gasteiger partial charge is 0.383 e. The molecule has 1 aromatic carbocycles. The molecule has 0 aliphatic heterocycles. The Labute approximate surface area is 118 Å². The molecule has 2 heterocycles. The number of rotatable bonds is 2. The van der Waals surface area contributed by atoms with Gasteiger partial charge < -0.3 is 5.73 Å². The van der Waals surface area contributed by atoms with E-state index >= 15 is 0 Å². The fraction of sp³-hybridized carbons (Fsp3) is 0.0769. The van der Waals surface area contributed by atoms with Crippen LogP contribution in [0.4, 0.5) is 5.82 Å². The summed E-state index contributed by atoms with van der Waals surface area (Å²) in [6.45, 7) is 0.597. The Kier molecular flexibility index (Phi) is 2.91. The topological polar surface area (TPSA) is 56.7 Å². The summed E-state index contributed by atoms with van der Waals surface area (Å²) in [4.78, 5) is 4.60. The number of pyridine rings is 1. The number of nitrogens with two attached hydrogens (primary N) is 1. The highest BCUT2D eigenvalue weighted by Gasteiger charge is 2.06. The van der Waals surface area contributed by atoms with E-state index in [9.17, 15) is 0 Å². The Bertz CT molecular complexity index is 705. The van der Waals surface area contributed by atoms with E-state index in [-0.39, 0.29) is 0 Å².